The van der Waals surface area contributed by atoms with Crippen molar-refractivity contribution in [1.29, 1.82) is 0 Å². The second-order valence-electron chi connectivity index (χ2n) is 11.0. The number of ether oxygens (including phenoxy) is 1. The first-order valence-corrected chi connectivity index (χ1v) is 11.8. The fraction of sp³-hybridized carbons (Fsp3) is 0.667. The van der Waals surface area contributed by atoms with Crippen molar-refractivity contribution in [3.63, 3.8) is 0 Å². The number of carbonyl (C=O) groups is 1. The number of benzene rings is 1. The Morgan fingerprint density at radius 1 is 1.00 bits per heavy atom. The Morgan fingerprint density at radius 3 is 2.55 bits per heavy atom. The second-order valence-corrected chi connectivity index (χ2v) is 11.0. The Kier molecular flexibility index (Phi) is 4.68. The van der Waals surface area contributed by atoms with Crippen molar-refractivity contribution < 1.29 is 9.53 Å². The Hall–Kier alpha value is -1.57. The van der Waals surface area contributed by atoms with E-state index < -0.39 is 0 Å². The van der Waals surface area contributed by atoms with Gasteiger partial charge in [-0.15, -0.1) is 0 Å². The fourth-order valence-electron chi connectivity index (χ4n) is 8.04. The molecule has 6 atom stereocenters. The van der Waals surface area contributed by atoms with Gasteiger partial charge in [0.15, 0.2) is 5.78 Å². The van der Waals surface area contributed by atoms with Gasteiger partial charge in [-0.25, -0.2) is 0 Å². The van der Waals surface area contributed by atoms with E-state index in [0.29, 0.717) is 22.5 Å². The predicted octanol–water partition coefficient (Wildman–Crippen LogP) is 6.69. The smallest absolute Gasteiger partial charge is 0.159 e. The van der Waals surface area contributed by atoms with Crippen molar-refractivity contribution >= 4 is 11.9 Å². The zero-order valence-corrected chi connectivity index (χ0v) is 18.4. The number of hydrogen-bond acceptors (Lipinski definition) is 2. The van der Waals surface area contributed by atoms with Gasteiger partial charge in [0.25, 0.3) is 0 Å². The van der Waals surface area contributed by atoms with Gasteiger partial charge in [-0.3, -0.25) is 4.79 Å². The zero-order valence-electron chi connectivity index (χ0n) is 18.4. The quantitative estimate of drug-likeness (QED) is 0.524. The molecule has 4 saturated carbocycles. The van der Waals surface area contributed by atoms with Crippen LogP contribution < -0.4 is 4.74 Å². The summed E-state index contributed by atoms with van der Waals surface area (Å²) < 4.78 is 5.28. The average molecular weight is 393 g/mol. The molecule has 4 aliphatic rings. The number of hydrogen-bond donors (Lipinski definition) is 0. The number of rotatable bonds is 2. The summed E-state index contributed by atoms with van der Waals surface area (Å²) >= 11 is 0. The molecular formula is C27H36O2. The van der Waals surface area contributed by atoms with E-state index in [1.165, 1.54) is 44.9 Å². The third kappa shape index (κ3) is 3.09. The molecule has 0 spiro atoms. The Bertz CT molecular complexity index is 821. The van der Waals surface area contributed by atoms with Gasteiger partial charge >= 0.3 is 0 Å². The molecule has 0 amide bonds. The Balaban J connectivity index is 1.43. The highest BCUT2D eigenvalue weighted by Crippen LogP contribution is 2.66. The summed E-state index contributed by atoms with van der Waals surface area (Å²) in [7, 11) is 1.69. The van der Waals surface area contributed by atoms with Crippen molar-refractivity contribution in [3.8, 4) is 5.75 Å². The maximum atomic E-state index is 13.0. The molecule has 1 aromatic rings. The molecule has 156 valence electrons. The highest BCUT2D eigenvalue weighted by Gasteiger charge is 2.58. The molecule has 2 nitrogen and oxygen atoms in total. The molecule has 0 heterocycles. The fourth-order valence-corrected chi connectivity index (χ4v) is 8.04. The number of Topliss-reactive ketones (excluding diaryl/α,β-unsaturated/α-hetero) is 1. The first-order valence-electron chi connectivity index (χ1n) is 11.8. The molecule has 1 aromatic carbocycles. The van der Waals surface area contributed by atoms with Crippen molar-refractivity contribution in [3.05, 3.63) is 35.4 Å². The van der Waals surface area contributed by atoms with E-state index in [1.807, 2.05) is 12.1 Å². The minimum absolute atomic E-state index is 0.305. The molecule has 29 heavy (non-hydrogen) atoms. The van der Waals surface area contributed by atoms with E-state index in [-0.39, 0.29) is 0 Å². The van der Waals surface area contributed by atoms with Crippen LogP contribution in [0.25, 0.3) is 6.08 Å². The zero-order chi connectivity index (χ0) is 20.2. The van der Waals surface area contributed by atoms with Crippen LogP contribution in [0.1, 0.15) is 77.2 Å². The van der Waals surface area contributed by atoms with Gasteiger partial charge in [-0.2, -0.15) is 0 Å². The monoisotopic (exact) mass is 392 g/mol. The van der Waals surface area contributed by atoms with Gasteiger partial charge in [0, 0.05) is 6.42 Å². The summed E-state index contributed by atoms with van der Waals surface area (Å²) in [6.07, 6.45) is 13.7. The number of fused-ring (bicyclic) bond motifs is 5. The van der Waals surface area contributed by atoms with E-state index in [0.717, 1.165) is 47.5 Å². The third-order valence-corrected chi connectivity index (χ3v) is 9.66. The van der Waals surface area contributed by atoms with E-state index >= 15 is 0 Å². The molecule has 0 aliphatic heterocycles. The van der Waals surface area contributed by atoms with Gasteiger partial charge in [0.1, 0.15) is 5.75 Å². The van der Waals surface area contributed by atoms with Crippen molar-refractivity contribution in [2.45, 2.75) is 71.6 Å². The van der Waals surface area contributed by atoms with E-state index in [9.17, 15) is 4.79 Å². The number of allylic oxidation sites excluding steroid dienone is 1. The normalized spacial score (nSPS) is 42.9. The summed E-state index contributed by atoms with van der Waals surface area (Å²) in [4.78, 5) is 13.0. The highest BCUT2D eigenvalue weighted by molar-refractivity contribution is 6.00. The first-order chi connectivity index (χ1) is 13.9. The lowest BCUT2D eigenvalue weighted by Crippen LogP contribution is -2.53. The number of methoxy groups -OCH3 is 1. The summed E-state index contributed by atoms with van der Waals surface area (Å²) in [5.41, 5.74) is 3.10. The van der Waals surface area contributed by atoms with Gasteiger partial charge in [0.05, 0.1) is 7.11 Å². The molecule has 0 aromatic heterocycles. The SMILES string of the molecule is COc1ccc(/C=C2/C[C@@]3(C)[C@@H](CC[C@H]4[C@H]5CCC[C@@]5(C)CC[C@H]43)CC2=O)cc1. The van der Waals surface area contributed by atoms with Crippen LogP contribution in [0, 0.1) is 34.5 Å². The molecule has 2 heteroatoms. The summed E-state index contributed by atoms with van der Waals surface area (Å²) in [5, 5.41) is 0. The summed E-state index contributed by atoms with van der Waals surface area (Å²) in [6, 6.07) is 8.12. The lowest BCUT2D eigenvalue weighted by Gasteiger charge is -2.60. The van der Waals surface area contributed by atoms with Crippen LogP contribution >= 0.6 is 0 Å². The van der Waals surface area contributed by atoms with Crippen molar-refractivity contribution in [1.82, 2.24) is 0 Å². The third-order valence-electron chi connectivity index (χ3n) is 9.66. The molecule has 5 rings (SSSR count). The number of carbonyl (C=O) groups excluding carboxylic acids is 1. The average Bonchev–Trinajstić information content (AvgIpc) is 3.11. The topological polar surface area (TPSA) is 26.3 Å². The molecule has 0 bridgehead atoms. The summed E-state index contributed by atoms with van der Waals surface area (Å²) in [6.45, 7) is 5.12. The first kappa shape index (κ1) is 19.4. The molecule has 0 N–H and O–H groups in total. The van der Waals surface area contributed by atoms with E-state index in [2.05, 4.69) is 32.1 Å². The maximum Gasteiger partial charge on any atom is 0.159 e. The predicted molar refractivity (Wildman–Crippen MR) is 118 cm³/mol. The van der Waals surface area contributed by atoms with Crippen LogP contribution in [0.4, 0.5) is 0 Å². The van der Waals surface area contributed by atoms with Crippen LogP contribution in [0.15, 0.2) is 29.8 Å². The number of ketones is 1. The molecular weight excluding hydrogens is 356 g/mol. The molecule has 4 aliphatic carbocycles. The van der Waals surface area contributed by atoms with Crippen molar-refractivity contribution in [2.75, 3.05) is 7.11 Å². The van der Waals surface area contributed by atoms with Crippen LogP contribution in [0.2, 0.25) is 0 Å². The largest absolute Gasteiger partial charge is 0.497 e. The van der Waals surface area contributed by atoms with E-state index in [4.69, 9.17) is 4.74 Å². The Labute approximate surface area is 176 Å². The molecule has 4 fully saturated rings. The lowest BCUT2D eigenvalue weighted by molar-refractivity contribution is -0.130. The molecule has 0 saturated heterocycles. The second kappa shape index (κ2) is 7.00. The minimum Gasteiger partial charge on any atom is -0.497 e. The summed E-state index contributed by atoms with van der Waals surface area (Å²) in [5.74, 6) is 4.49. The standard InChI is InChI=1S/C27H36O2/c1-26-13-4-5-23(26)22-11-8-20-16-25(28)19(17-27(20,2)24(22)12-14-26)15-18-6-9-21(29-3)10-7-18/h6-7,9-10,15,20,22-24H,4-5,8,11-14,16-17H2,1-3H3/b19-15-/t20-,22-,23+,24+,26-,27-/m0/s1. The van der Waals surface area contributed by atoms with Gasteiger partial charge in [-0.05, 0) is 109 Å². The minimum atomic E-state index is 0.305. The maximum absolute atomic E-state index is 13.0. The van der Waals surface area contributed by atoms with Gasteiger partial charge in [-0.1, -0.05) is 32.4 Å². The van der Waals surface area contributed by atoms with Crippen LogP contribution in [0.3, 0.4) is 0 Å². The Morgan fingerprint density at radius 2 is 1.79 bits per heavy atom. The van der Waals surface area contributed by atoms with Crippen molar-refractivity contribution in [2.24, 2.45) is 34.5 Å². The van der Waals surface area contributed by atoms with E-state index in [1.54, 1.807) is 7.11 Å². The van der Waals surface area contributed by atoms with Gasteiger partial charge in [0.2, 0.25) is 0 Å². The van der Waals surface area contributed by atoms with Crippen LogP contribution in [-0.2, 0) is 4.79 Å². The lowest BCUT2D eigenvalue weighted by atomic mass is 9.45. The molecule has 0 radical (unpaired) electrons. The van der Waals surface area contributed by atoms with Crippen LogP contribution in [0.5, 0.6) is 5.75 Å². The van der Waals surface area contributed by atoms with Crippen LogP contribution in [-0.4, -0.2) is 12.9 Å². The highest BCUT2D eigenvalue weighted by atomic mass is 16.5. The molecule has 0 unspecified atom stereocenters. The van der Waals surface area contributed by atoms with Gasteiger partial charge < -0.3 is 4.74 Å².